The van der Waals surface area contributed by atoms with Crippen LogP contribution >= 0.6 is 0 Å². The topological polar surface area (TPSA) is 102 Å². The van der Waals surface area contributed by atoms with Gasteiger partial charge in [-0.2, -0.15) is 0 Å². The molecule has 3 rings (SSSR count). The molecule has 0 spiro atoms. The van der Waals surface area contributed by atoms with Gasteiger partial charge in [0.05, 0.1) is 16.9 Å². The van der Waals surface area contributed by atoms with Crippen molar-refractivity contribution in [2.24, 2.45) is 23.2 Å². The number of hydrogen-bond donors (Lipinski definition) is 2. The molecule has 4 atom stereocenters. The maximum atomic E-state index is 13.8. The maximum Gasteiger partial charge on any atom is 0.241 e. The van der Waals surface area contributed by atoms with E-state index >= 15 is 0 Å². The van der Waals surface area contributed by atoms with Gasteiger partial charge in [-0.25, -0.2) is 13.1 Å². The van der Waals surface area contributed by atoms with Gasteiger partial charge in [0, 0.05) is 24.1 Å². The van der Waals surface area contributed by atoms with Gasteiger partial charge in [-0.15, -0.1) is 0 Å². The van der Waals surface area contributed by atoms with Gasteiger partial charge >= 0.3 is 0 Å². The summed E-state index contributed by atoms with van der Waals surface area (Å²) in [6, 6.07) is 4.47. The first-order chi connectivity index (χ1) is 16.7. The van der Waals surface area contributed by atoms with Crippen molar-refractivity contribution in [1.82, 2.24) is 10.0 Å². The summed E-state index contributed by atoms with van der Waals surface area (Å²) in [7, 11) is -5.14. The quantitative estimate of drug-likeness (QED) is 0.265. The Kier molecular flexibility index (Phi) is 9.23. The number of carbonyl (C=O) groups excluding carboxylic acids is 2. The van der Waals surface area contributed by atoms with Crippen LogP contribution in [0.25, 0.3) is 0 Å². The van der Waals surface area contributed by atoms with Crippen LogP contribution in [0.3, 0.4) is 0 Å². The molecule has 2 aliphatic rings. The van der Waals surface area contributed by atoms with Crippen LogP contribution in [0.5, 0.6) is 0 Å². The lowest BCUT2D eigenvalue weighted by molar-refractivity contribution is -0.143. The van der Waals surface area contributed by atoms with Crippen LogP contribution in [0.4, 0.5) is 0 Å². The molecular formula is C27H44N2O5SSi. The number of sulfonamides is 1. The van der Waals surface area contributed by atoms with Gasteiger partial charge in [0.1, 0.15) is 0 Å². The second-order valence-corrected chi connectivity index (χ2v) is 16.1. The van der Waals surface area contributed by atoms with Gasteiger partial charge in [-0.1, -0.05) is 58.6 Å². The Labute approximate surface area is 218 Å². The highest BCUT2D eigenvalue weighted by atomic mass is 32.2. The SMILES string of the molecule is Cc1ccc(S(=O)(=O)NC2CCCCC2)c(C(=O)[C@H](C)[C@H]2NC(=O)[C@H]2[C@@H](CO[SiH](C)C)C(C)(C)C)c1. The van der Waals surface area contributed by atoms with Gasteiger partial charge in [0.25, 0.3) is 0 Å². The van der Waals surface area contributed by atoms with Crippen LogP contribution in [0.15, 0.2) is 23.1 Å². The average Bonchev–Trinajstić information content (AvgIpc) is 2.78. The van der Waals surface area contributed by atoms with Gasteiger partial charge in [-0.3, -0.25) is 9.59 Å². The molecule has 9 heteroatoms. The smallest absolute Gasteiger partial charge is 0.241 e. The molecule has 1 aliphatic carbocycles. The Morgan fingerprint density at radius 2 is 1.83 bits per heavy atom. The van der Waals surface area contributed by atoms with Crippen LogP contribution in [0, 0.1) is 30.1 Å². The van der Waals surface area contributed by atoms with Crippen molar-refractivity contribution in [1.29, 1.82) is 0 Å². The first-order valence-electron chi connectivity index (χ1n) is 13.3. The van der Waals surface area contributed by atoms with Crippen LogP contribution < -0.4 is 10.0 Å². The minimum absolute atomic E-state index is 0.0271. The molecule has 36 heavy (non-hydrogen) atoms. The highest BCUT2D eigenvalue weighted by molar-refractivity contribution is 7.89. The molecule has 1 saturated carbocycles. The molecule has 2 N–H and O–H groups in total. The van der Waals surface area contributed by atoms with Crippen LogP contribution in [0.1, 0.15) is 75.7 Å². The number of β-lactam (4-membered cyclic amide) rings is 1. The second kappa shape index (κ2) is 11.5. The highest BCUT2D eigenvalue weighted by Gasteiger charge is 2.52. The van der Waals surface area contributed by atoms with E-state index in [4.69, 9.17) is 4.43 Å². The molecule has 202 valence electrons. The summed E-state index contributed by atoms with van der Waals surface area (Å²) in [5.41, 5.74) is 0.831. The van der Waals surface area contributed by atoms with Crippen LogP contribution in [-0.4, -0.2) is 47.8 Å². The van der Waals surface area contributed by atoms with Gasteiger partial charge in [0.2, 0.25) is 15.9 Å². The van der Waals surface area contributed by atoms with Crippen molar-refractivity contribution in [3.05, 3.63) is 29.3 Å². The number of amides is 1. The number of rotatable bonds is 10. The average molecular weight is 537 g/mol. The zero-order valence-corrected chi connectivity index (χ0v) is 24.9. The minimum atomic E-state index is -3.86. The first-order valence-corrected chi connectivity index (χ1v) is 17.6. The predicted molar refractivity (Wildman–Crippen MR) is 145 cm³/mol. The van der Waals surface area contributed by atoms with Crippen molar-refractivity contribution in [3.8, 4) is 0 Å². The van der Waals surface area contributed by atoms with E-state index in [2.05, 4.69) is 43.9 Å². The molecule has 1 aliphatic heterocycles. The van der Waals surface area contributed by atoms with Crippen LogP contribution in [-0.2, 0) is 19.2 Å². The number of aryl methyl sites for hydroxylation is 1. The predicted octanol–water partition coefficient (Wildman–Crippen LogP) is 4.20. The van der Waals surface area contributed by atoms with E-state index in [1.165, 1.54) is 6.07 Å². The summed E-state index contributed by atoms with van der Waals surface area (Å²) in [5, 5.41) is 2.95. The zero-order chi connectivity index (χ0) is 26.8. The third-order valence-corrected chi connectivity index (χ3v) is 10.2. The Balaban J connectivity index is 1.88. The molecular weight excluding hydrogens is 492 g/mol. The molecule has 1 amide bonds. The van der Waals surface area contributed by atoms with E-state index in [1.807, 2.05) is 6.92 Å². The number of hydrogen-bond acceptors (Lipinski definition) is 5. The van der Waals surface area contributed by atoms with Crippen molar-refractivity contribution in [2.75, 3.05) is 6.61 Å². The third kappa shape index (κ3) is 6.65. The highest BCUT2D eigenvalue weighted by Crippen LogP contribution is 2.41. The largest absolute Gasteiger partial charge is 0.420 e. The normalized spacial score (nSPS) is 23.2. The number of benzene rings is 1. The lowest BCUT2D eigenvalue weighted by atomic mass is 9.64. The first kappa shape index (κ1) is 29.0. The Bertz CT molecular complexity index is 1060. The van der Waals surface area contributed by atoms with E-state index < -0.39 is 25.0 Å². The van der Waals surface area contributed by atoms with Crippen molar-refractivity contribution < 1.29 is 22.4 Å². The fraction of sp³-hybridized carbons (Fsp3) is 0.704. The summed E-state index contributed by atoms with van der Waals surface area (Å²) < 4.78 is 35.6. The monoisotopic (exact) mass is 536 g/mol. The van der Waals surface area contributed by atoms with E-state index in [0.717, 1.165) is 37.7 Å². The molecule has 0 unspecified atom stereocenters. The summed E-state index contributed by atoms with van der Waals surface area (Å²) in [6.07, 6.45) is 4.76. The van der Waals surface area contributed by atoms with Crippen molar-refractivity contribution in [3.63, 3.8) is 0 Å². The number of carbonyl (C=O) groups is 2. The lowest BCUT2D eigenvalue weighted by Gasteiger charge is -2.48. The van der Waals surface area contributed by atoms with Gasteiger partial charge in [-0.05, 0) is 56.3 Å². The molecule has 1 saturated heterocycles. The Morgan fingerprint density at radius 1 is 1.19 bits per heavy atom. The van der Waals surface area contributed by atoms with Crippen molar-refractivity contribution in [2.45, 2.75) is 96.8 Å². The van der Waals surface area contributed by atoms with E-state index in [1.54, 1.807) is 19.1 Å². The van der Waals surface area contributed by atoms with Gasteiger partial charge in [0.15, 0.2) is 14.8 Å². The van der Waals surface area contributed by atoms with E-state index in [-0.39, 0.29) is 51.5 Å². The number of nitrogens with one attached hydrogen (secondary N) is 2. The summed E-state index contributed by atoms with van der Waals surface area (Å²) in [6.45, 7) is 14.6. The Morgan fingerprint density at radius 3 is 2.39 bits per heavy atom. The lowest BCUT2D eigenvalue weighted by Crippen LogP contribution is -2.66. The third-order valence-electron chi connectivity index (χ3n) is 7.72. The summed E-state index contributed by atoms with van der Waals surface area (Å²) >= 11 is 0. The summed E-state index contributed by atoms with van der Waals surface area (Å²) in [5.74, 6) is -1.30. The molecule has 0 radical (unpaired) electrons. The fourth-order valence-electron chi connectivity index (χ4n) is 5.46. The molecule has 1 aromatic carbocycles. The zero-order valence-electron chi connectivity index (χ0n) is 22.9. The number of Topliss-reactive ketones (excluding diaryl/α,β-unsaturated/α-hetero) is 1. The molecule has 7 nitrogen and oxygen atoms in total. The fourth-order valence-corrected chi connectivity index (χ4v) is 7.55. The second-order valence-electron chi connectivity index (χ2n) is 12.0. The van der Waals surface area contributed by atoms with Gasteiger partial charge < -0.3 is 9.74 Å². The number of ketones is 1. The van der Waals surface area contributed by atoms with E-state index in [9.17, 15) is 18.0 Å². The minimum Gasteiger partial charge on any atom is -0.420 e. The molecule has 1 heterocycles. The summed E-state index contributed by atoms with van der Waals surface area (Å²) in [4.78, 5) is 26.6. The Hall–Kier alpha value is -1.55. The molecule has 2 fully saturated rings. The molecule has 0 bridgehead atoms. The molecule has 1 aromatic rings. The standard InChI is InChI=1S/C27H44N2O5SSi/c1-17-13-14-22(35(32,33)29-19-11-9-8-10-12-19)20(15-17)25(30)18(2)24-23(26(31)28-24)21(27(3,4)5)16-34-36(6)7/h13-15,18-19,21,23-24,29,36H,8-12,16H2,1-7H3,(H,28,31)/t18-,21-,23+,24-/m1/s1. The van der Waals surface area contributed by atoms with E-state index in [0.29, 0.717) is 6.61 Å². The van der Waals surface area contributed by atoms with Crippen molar-refractivity contribution >= 4 is 30.8 Å². The maximum absolute atomic E-state index is 13.8. The van der Waals surface area contributed by atoms with Crippen LogP contribution in [0.2, 0.25) is 13.1 Å². The molecule has 0 aromatic heterocycles.